The lowest BCUT2D eigenvalue weighted by atomic mass is 9.85. The lowest BCUT2D eigenvalue weighted by molar-refractivity contribution is -0.123. The average Bonchev–Trinajstić information content (AvgIpc) is 3.19. The molecule has 4 rings (SSSR count). The monoisotopic (exact) mass is 437 g/mol. The predicted molar refractivity (Wildman–Crippen MR) is 121 cm³/mol. The van der Waals surface area contributed by atoms with Crippen molar-refractivity contribution in [3.63, 3.8) is 0 Å². The van der Waals surface area contributed by atoms with Gasteiger partial charge in [0.25, 0.3) is 0 Å². The van der Waals surface area contributed by atoms with Gasteiger partial charge in [-0.05, 0) is 68.5 Å². The van der Waals surface area contributed by atoms with Crippen LogP contribution < -0.4 is 10.6 Å². The quantitative estimate of drug-likeness (QED) is 0.617. The van der Waals surface area contributed by atoms with Crippen LogP contribution in [0.25, 0.3) is 22.2 Å². The van der Waals surface area contributed by atoms with Gasteiger partial charge >= 0.3 is 0 Å². The first kappa shape index (κ1) is 21.9. The van der Waals surface area contributed by atoms with Crippen molar-refractivity contribution < 1.29 is 14.0 Å². The number of nitrogens with one attached hydrogen (secondary N) is 2. The molecule has 0 aliphatic heterocycles. The minimum absolute atomic E-state index is 0.0248. The zero-order chi connectivity index (χ0) is 22.8. The van der Waals surface area contributed by atoms with E-state index in [1.807, 2.05) is 24.5 Å². The number of amides is 2. The Morgan fingerprint density at radius 3 is 2.72 bits per heavy atom. The summed E-state index contributed by atoms with van der Waals surface area (Å²) >= 11 is 0. The van der Waals surface area contributed by atoms with Crippen molar-refractivity contribution in [3.05, 3.63) is 42.6 Å². The lowest BCUT2D eigenvalue weighted by Crippen LogP contribution is -2.40. The maximum Gasteiger partial charge on any atom is 0.228 e. The largest absolute Gasteiger partial charge is 0.354 e. The number of hydrogen-bond acceptors (Lipinski definition) is 4. The van der Waals surface area contributed by atoms with Crippen molar-refractivity contribution in [2.24, 2.45) is 5.92 Å². The Labute approximate surface area is 186 Å². The molecule has 32 heavy (non-hydrogen) atoms. The minimum atomic E-state index is -0.384. The number of fused-ring (bicyclic) bond motifs is 1. The molecule has 2 aromatic heterocycles. The number of imidazole rings is 1. The van der Waals surface area contributed by atoms with Crippen molar-refractivity contribution in [2.75, 3.05) is 5.32 Å². The summed E-state index contributed by atoms with van der Waals surface area (Å²) in [4.78, 5) is 32.6. The summed E-state index contributed by atoms with van der Waals surface area (Å²) in [6.07, 6.45) is 6.43. The zero-order valence-corrected chi connectivity index (χ0v) is 18.6. The van der Waals surface area contributed by atoms with E-state index in [4.69, 9.17) is 0 Å². The highest BCUT2D eigenvalue weighted by Crippen LogP contribution is 2.30. The van der Waals surface area contributed by atoms with Gasteiger partial charge in [0.05, 0.1) is 11.8 Å². The molecule has 0 radical (unpaired) electrons. The van der Waals surface area contributed by atoms with Crippen molar-refractivity contribution in [1.82, 2.24) is 19.9 Å². The zero-order valence-electron chi connectivity index (χ0n) is 18.6. The number of pyridine rings is 1. The molecule has 3 aromatic rings. The molecule has 168 valence electrons. The van der Waals surface area contributed by atoms with Crippen molar-refractivity contribution in [2.45, 2.75) is 58.5 Å². The Kier molecular flexibility index (Phi) is 6.21. The molecule has 0 unspecified atom stereocenters. The van der Waals surface area contributed by atoms with E-state index in [1.54, 1.807) is 24.7 Å². The van der Waals surface area contributed by atoms with Crippen LogP contribution in [0.5, 0.6) is 0 Å². The number of aromatic nitrogens is 3. The molecule has 0 bridgehead atoms. The SMILES string of the molecule is CC(=O)N[C@@H]1CCC[C@H](C(=O)Nc2cc(-c3cc(F)c4ncn(C(C)C)c4c3)ccn2)C1. The summed E-state index contributed by atoms with van der Waals surface area (Å²) in [5.74, 6) is -0.324. The van der Waals surface area contributed by atoms with Crippen LogP contribution in [0.4, 0.5) is 10.2 Å². The molecular weight excluding hydrogens is 409 g/mol. The third kappa shape index (κ3) is 4.64. The molecule has 1 saturated carbocycles. The van der Waals surface area contributed by atoms with Gasteiger partial charge in [-0.1, -0.05) is 6.42 Å². The summed E-state index contributed by atoms with van der Waals surface area (Å²) in [5, 5.41) is 5.81. The van der Waals surface area contributed by atoms with E-state index in [0.717, 1.165) is 30.3 Å². The normalized spacial score (nSPS) is 18.7. The third-order valence-electron chi connectivity index (χ3n) is 5.99. The van der Waals surface area contributed by atoms with Gasteiger partial charge in [0, 0.05) is 31.1 Å². The Morgan fingerprint density at radius 2 is 1.97 bits per heavy atom. The molecule has 1 aromatic carbocycles. The van der Waals surface area contributed by atoms with Gasteiger partial charge in [-0.15, -0.1) is 0 Å². The summed E-state index contributed by atoms with van der Waals surface area (Å²) in [7, 11) is 0. The second-order valence-corrected chi connectivity index (χ2v) is 8.75. The van der Waals surface area contributed by atoms with E-state index >= 15 is 0 Å². The molecule has 1 aliphatic rings. The number of carbonyl (C=O) groups is 2. The fourth-order valence-electron chi connectivity index (χ4n) is 4.42. The number of nitrogens with zero attached hydrogens (tertiary/aromatic N) is 3. The third-order valence-corrected chi connectivity index (χ3v) is 5.99. The van der Waals surface area contributed by atoms with Gasteiger partial charge in [0.1, 0.15) is 11.3 Å². The molecule has 0 spiro atoms. The van der Waals surface area contributed by atoms with E-state index in [0.29, 0.717) is 23.3 Å². The van der Waals surface area contributed by atoms with E-state index in [2.05, 4.69) is 20.6 Å². The molecule has 8 heteroatoms. The standard InChI is InChI=1S/C24H28FN5O2/c1-14(2)30-13-27-23-20(25)10-18(11-21(23)30)16-7-8-26-22(12-16)29-24(32)17-5-4-6-19(9-17)28-15(3)31/h7-8,10-14,17,19H,4-6,9H2,1-3H3,(H,28,31)(H,26,29,32)/t17-,19+/m0/s1. The van der Waals surface area contributed by atoms with E-state index in [-0.39, 0.29) is 35.6 Å². The molecule has 2 N–H and O–H groups in total. The molecule has 7 nitrogen and oxygen atoms in total. The first-order valence-corrected chi connectivity index (χ1v) is 11.0. The van der Waals surface area contributed by atoms with Crippen LogP contribution in [0.2, 0.25) is 0 Å². The molecule has 1 fully saturated rings. The van der Waals surface area contributed by atoms with Gasteiger partial charge in [0.15, 0.2) is 5.82 Å². The van der Waals surface area contributed by atoms with Gasteiger partial charge in [-0.2, -0.15) is 0 Å². The van der Waals surface area contributed by atoms with Gasteiger partial charge in [0.2, 0.25) is 11.8 Å². The molecule has 1 aliphatic carbocycles. The fourth-order valence-corrected chi connectivity index (χ4v) is 4.42. The number of carbonyl (C=O) groups excluding carboxylic acids is 2. The fraction of sp³-hybridized carbons (Fsp3) is 0.417. The van der Waals surface area contributed by atoms with Crippen molar-refractivity contribution in [1.29, 1.82) is 0 Å². The highest BCUT2D eigenvalue weighted by Gasteiger charge is 2.28. The van der Waals surface area contributed by atoms with Crippen molar-refractivity contribution in [3.8, 4) is 11.1 Å². The minimum Gasteiger partial charge on any atom is -0.354 e. The summed E-state index contributed by atoms with van der Waals surface area (Å²) in [5.41, 5.74) is 2.52. The van der Waals surface area contributed by atoms with Gasteiger partial charge in [-0.3, -0.25) is 9.59 Å². The number of anilines is 1. The van der Waals surface area contributed by atoms with E-state index < -0.39 is 0 Å². The number of hydrogen-bond donors (Lipinski definition) is 2. The van der Waals surface area contributed by atoms with Crippen LogP contribution >= 0.6 is 0 Å². The average molecular weight is 438 g/mol. The van der Waals surface area contributed by atoms with Crippen LogP contribution in [-0.2, 0) is 9.59 Å². The number of rotatable bonds is 5. The predicted octanol–water partition coefficient (Wildman–Crippen LogP) is 4.45. The van der Waals surface area contributed by atoms with Crippen LogP contribution in [0.1, 0.15) is 52.5 Å². The molecule has 2 heterocycles. The molecular formula is C24H28FN5O2. The highest BCUT2D eigenvalue weighted by molar-refractivity contribution is 5.92. The Morgan fingerprint density at radius 1 is 1.16 bits per heavy atom. The maximum atomic E-state index is 14.7. The first-order chi connectivity index (χ1) is 15.3. The highest BCUT2D eigenvalue weighted by atomic mass is 19.1. The number of halogens is 1. The topological polar surface area (TPSA) is 88.9 Å². The summed E-state index contributed by atoms with van der Waals surface area (Å²) < 4.78 is 16.6. The second-order valence-electron chi connectivity index (χ2n) is 8.75. The van der Waals surface area contributed by atoms with E-state index in [9.17, 15) is 14.0 Å². The number of benzene rings is 1. The Bertz CT molecular complexity index is 1160. The lowest BCUT2D eigenvalue weighted by Gasteiger charge is -2.28. The smallest absolute Gasteiger partial charge is 0.228 e. The van der Waals surface area contributed by atoms with Crippen LogP contribution in [0.15, 0.2) is 36.8 Å². The van der Waals surface area contributed by atoms with Crippen LogP contribution in [0.3, 0.4) is 0 Å². The van der Waals surface area contributed by atoms with Gasteiger partial charge in [-0.25, -0.2) is 14.4 Å². The molecule has 2 amide bonds. The Hall–Kier alpha value is -3.29. The van der Waals surface area contributed by atoms with E-state index in [1.165, 1.54) is 13.0 Å². The molecule has 0 saturated heterocycles. The van der Waals surface area contributed by atoms with Crippen LogP contribution in [0, 0.1) is 11.7 Å². The summed E-state index contributed by atoms with van der Waals surface area (Å²) in [6, 6.07) is 7.09. The summed E-state index contributed by atoms with van der Waals surface area (Å²) in [6.45, 7) is 5.54. The maximum absolute atomic E-state index is 14.7. The molecule has 2 atom stereocenters. The first-order valence-electron chi connectivity index (χ1n) is 11.0. The second kappa shape index (κ2) is 9.06. The van der Waals surface area contributed by atoms with Crippen LogP contribution in [-0.4, -0.2) is 32.4 Å². The Balaban J connectivity index is 1.54. The van der Waals surface area contributed by atoms with Gasteiger partial charge < -0.3 is 15.2 Å². The van der Waals surface area contributed by atoms with Crippen molar-refractivity contribution >= 4 is 28.7 Å².